The van der Waals surface area contributed by atoms with Crippen LogP contribution in [0, 0.1) is 0 Å². The van der Waals surface area contributed by atoms with Crippen molar-refractivity contribution in [2.24, 2.45) is 0 Å². The lowest BCUT2D eigenvalue weighted by Crippen LogP contribution is -2.48. The summed E-state index contributed by atoms with van der Waals surface area (Å²) < 4.78 is 28.6. The van der Waals surface area contributed by atoms with Crippen LogP contribution in [0.1, 0.15) is 21.7 Å². The van der Waals surface area contributed by atoms with Crippen molar-refractivity contribution in [2.45, 2.75) is 24.8 Å². The van der Waals surface area contributed by atoms with E-state index in [-0.39, 0.29) is 13.0 Å². The number of aliphatic carboxylic acids is 1. The zero-order valence-corrected chi connectivity index (χ0v) is 13.7. The molecule has 0 fully saturated rings. The van der Waals surface area contributed by atoms with Crippen molar-refractivity contribution in [1.29, 1.82) is 0 Å². The van der Waals surface area contributed by atoms with Gasteiger partial charge >= 0.3 is 5.97 Å². The zero-order chi connectivity index (χ0) is 17.8. The number of amides is 1. The van der Waals surface area contributed by atoms with E-state index in [0.29, 0.717) is 26.6 Å². The normalized spacial score (nSPS) is 21.4. The maximum atomic E-state index is 14.3. The number of carbonyl (C=O) groups is 2. The Morgan fingerprint density at radius 3 is 2.96 bits per heavy atom. The number of halogens is 2. The molecule has 25 heavy (non-hydrogen) atoms. The molecule has 0 saturated carbocycles. The van der Waals surface area contributed by atoms with Crippen LogP contribution in [0.15, 0.2) is 12.4 Å². The number of thiophene rings is 1. The number of nitrogens with zero attached hydrogens (tertiary/aromatic N) is 2. The number of aromatic nitrogens is 2. The van der Waals surface area contributed by atoms with Crippen LogP contribution in [0.25, 0.3) is 10.4 Å². The first-order chi connectivity index (χ1) is 11.8. The van der Waals surface area contributed by atoms with Gasteiger partial charge in [0.15, 0.2) is 0 Å². The first-order valence-electron chi connectivity index (χ1n) is 7.64. The van der Waals surface area contributed by atoms with Crippen molar-refractivity contribution in [3.63, 3.8) is 0 Å². The highest BCUT2D eigenvalue weighted by Gasteiger charge is 2.45. The number of nitrogens with one attached hydrogen (secondary N) is 2. The van der Waals surface area contributed by atoms with Gasteiger partial charge < -0.3 is 15.3 Å². The van der Waals surface area contributed by atoms with Crippen molar-refractivity contribution < 1.29 is 23.5 Å². The average molecular weight is 368 g/mol. The summed E-state index contributed by atoms with van der Waals surface area (Å²) in [5.41, 5.74) is 1.57. The summed E-state index contributed by atoms with van der Waals surface area (Å²) in [5, 5.41) is 18.1. The number of carboxylic acids is 1. The van der Waals surface area contributed by atoms with Gasteiger partial charge in [-0.15, -0.1) is 11.3 Å². The number of alkyl halides is 2. The fraction of sp³-hybridized carbons (Fsp3) is 0.400. The number of hydrogen-bond donors (Lipinski definition) is 3. The van der Waals surface area contributed by atoms with Crippen LogP contribution >= 0.6 is 11.3 Å². The van der Waals surface area contributed by atoms with Crippen LogP contribution in [0.4, 0.5) is 14.5 Å². The van der Waals surface area contributed by atoms with E-state index in [1.165, 1.54) is 11.1 Å². The molecule has 0 aliphatic carbocycles. The van der Waals surface area contributed by atoms with Crippen molar-refractivity contribution in [3.8, 4) is 10.4 Å². The van der Waals surface area contributed by atoms with Gasteiger partial charge in [0.25, 0.3) is 11.8 Å². The molecule has 0 saturated heterocycles. The molecule has 2 aromatic heterocycles. The Morgan fingerprint density at radius 2 is 2.28 bits per heavy atom. The first-order valence-corrected chi connectivity index (χ1v) is 8.46. The van der Waals surface area contributed by atoms with E-state index in [0.717, 1.165) is 11.3 Å². The highest BCUT2D eigenvalue weighted by Crippen LogP contribution is 2.48. The number of H-pyrrole nitrogens is 1. The van der Waals surface area contributed by atoms with Crippen LogP contribution in [0.2, 0.25) is 0 Å². The number of anilines is 1. The van der Waals surface area contributed by atoms with Crippen molar-refractivity contribution in [1.82, 2.24) is 15.5 Å². The second kappa shape index (κ2) is 5.51. The maximum absolute atomic E-state index is 14.3. The molecule has 132 valence electrons. The van der Waals surface area contributed by atoms with Crippen LogP contribution in [-0.2, 0) is 11.2 Å². The van der Waals surface area contributed by atoms with Crippen LogP contribution in [-0.4, -0.2) is 52.2 Å². The molecule has 1 amide bonds. The molecule has 0 spiro atoms. The summed E-state index contributed by atoms with van der Waals surface area (Å²) >= 11 is 1.14. The quantitative estimate of drug-likeness (QED) is 0.766. The summed E-state index contributed by atoms with van der Waals surface area (Å²) in [5.74, 6) is -4.46. The molecule has 0 aromatic carbocycles. The van der Waals surface area contributed by atoms with Crippen LogP contribution in [0.3, 0.4) is 0 Å². The van der Waals surface area contributed by atoms with Gasteiger partial charge in [-0.3, -0.25) is 14.7 Å². The Labute approximate surface area is 144 Å². The summed E-state index contributed by atoms with van der Waals surface area (Å²) in [6.45, 7) is -0.491. The van der Waals surface area contributed by atoms with Gasteiger partial charge in [0.2, 0.25) is 0 Å². The lowest BCUT2D eigenvalue weighted by Gasteiger charge is -2.35. The molecule has 2 aliphatic heterocycles. The summed E-state index contributed by atoms with van der Waals surface area (Å²) in [4.78, 5) is 25.9. The Morgan fingerprint density at radius 1 is 1.48 bits per heavy atom. The van der Waals surface area contributed by atoms with Crippen molar-refractivity contribution >= 4 is 28.9 Å². The van der Waals surface area contributed by atoms with Gasteiger partial charge in [-0.1, -0.05) is 0 Å². The highest BCUT2D eigenvalue weighted by molar-refractivity contribution is 7.18. The molecule has 7 nitrogen and oxygen atoms in total. The first kappa shape index (κ1) is 16.0. The fourth-order valence-corrected chi connectivity index (χ4v) is 4.66. The van der Waals surface area contributed by atoms with E-state index in [1.807, 2.05) is 0 Å². The Kier molecular flexibility index (Phi) is 3.53. The molecule has 2 aliphatic rings. The molecule has 2 aromatic rings. The minimum absolute atomic E-state index is 0.0369. The molecule has 10 heteroatoms. The lowest BCUT2D eigenvalue weighted by molar-refractivity contribution is -0.137. The second-order valence-electron chi connectivity index (χ2n) is 6.26. The molecule has 0 radical (unpaired) electrons. The SMILES string of the molecule is O=C(O)C[C@@H]1CN2CC(F)(F)Cc3c(-c4cn[nH]c4)sc(c32)C(=O)N1. The van der Waals surface area contributed by atoms with Crippen molar-refractivity contribution in [3.05, 3.63) is 22.8 Å². The van der Waals surface area contributed by atoms with Gasteiger partial charge in [0.05, 0.1) is 30.9 Å². The predicted octanol–water partition coefficient (Wildman–Crippen LogP) is 1.72. The fourth-order valence-electron chi connectivity index (χ4n) is 3.43. The average Bonchev–Trinajstić information content (AvgIpc) is 3.09. The number of carbonyl (C=O) groups excluding carboxylic acids is 1. The van der Waals surface area contributed by atoms with Gasteiger partial charge in [0.1, 0.15) is 4.88 Å². The molecule has 4 rings (SSSR count). The van der Waals surface area contributed by atoms with Crippen molar-refractivity contribution in [2.75, 3.05) is 18.0 Å². The van der Waals surface area contributed by atoms with E-state index in [1.54, 1.807) is 6.20 Å². The van der Waals surface area contributed by atoms with Crippen LogP contribution in [0.5, 0.6) is 0 Å². The molecule has 0 bridgehead atoms. The van der Waals surface area contributed by atoms with Crippen LogP contribution < -0.4 is 10.2 Å². The standard InChI is InChI=1S/C15H14F2N4O3S/c16-15(17)2-9-11-13(25-12(9)7-3-18-19-4-7)14(24)20-8(1-10(22)23)5-21(11)6-15/h3-4,8H,1-2,5-6H2,(H,18,19)(H,20,24)(H,22,23)/t8-/m1/s1. The molecule has 1 atom stereocenters. The number of hydrogen-bond acceptors (Lipinski definition) is 5. The third-order valence-corrected chi connectivity index (χ3v) is 5.59. The van der Waals surface area contributed by atoms with Gasteiger partial charge in [-0.25, -0.2) is 8.78 Å². The Balaban J connectivity index is 1.83. The minimum Gasteiger partial charge on any atom is -0.481 e. The second-order valence-corrected chi connectivity index (χ2v) is 7.28. The molecular weight excluding hydrogens is 354 g/mol. The summed E-state index contributed by atoms with van der Waals surface area (Å²) in [6, 6.07) is -0.719. The monoisotopic (exact) mass is 368 g/mol. The molecule has 3 N–H and O–H groups in total. The molecular formula is C15H14F2N4O3S. The maximum Gasteiger partial charge on any atom is 0.305 e. The van der Waals surface area contributed by atoms with E-state index in [9.17, 15) is 18.4 Å². The van der Waals surface area contributed by atoms with E-state index < -0.39 is 36.8 Å². The third kappa shape index (κ3) is 2.76. The van der Waals surface area contributed by atoms with Gasteiger partial charge in [-0.05, 0) is 0 Å². The Bertz CT molecular complexity index is 849. The summed E-state index contributed by atoms with van der Waals surface area (Å²) in [6.07, 6.45) is 2.37. The molecule has 4 heterocycles. The number of aromatic amines is 1. The zero-order valence-electron chi connectivity index (χ0n) is 12.9. The minimum atomic E-state index is -2.95. The third-order valence-electron chi connectivity index (χ3n) is 4.32. The highest BCUT2D eigenvalue weighted by atomic mass is 32.1. The van der Waals surface area contributed by atoms with E-state index in [4.69, 9.17) is 5.11 Å². The van der Waals surface area contributed by atoms with Gasteiger partial charge in [0, 0.05) is 35.2 Å². The van der Waals surface area contributed by atoms with Gasteiger partial charge in [-0.2, -0.15) is 5.10 Å². The Hall–Kier alpha value is -2.49. The largest absolute Gasteiger partial charge is 0.481 e. The van der Waals surface area contributed by atoms with E-state index >= 15 is 0 Å². The predicted molar refractivity (Wildman–Crippen MR) is 86.3 cm³/mol. The van der Waals surface area contributed by atoms with E-state index in [2.05, 4.69) is 15.5 Å². The summed E-state index contributed by atoms with van der Waals surface area (Å²) in [7, 11) is 0. The lowest BCUT2D eigenvalue weighted by atomic mass is 9.97. The molecule has 0 unspecified atom stereocenters. The topological polar surface area (TPSA) is 98.3 Å². The number of rotatable bonds is 3. The number of carboxylic acid groups (broad SMARTS) is 1. The smallest absolute Gasteiger partial charge is 0.305 e.